The van der Waals surface area contributed by atoms with Gasteiger partial charge in [-0.15, -0.1) is 0 Å². The monoisotopic (exact) mass is 320 g/mol. The standard InChI is InChI=1S/C16H20N2O5/c1-21-12-4-3-5-13(22-2)14(12)15(19)17-8-11-9-18(10-6-7-10)16(20)23-11/h3-5,10-11H,6-9H2,1-2H3,(H,17,19). The van der Waals surface area contributed by atoms with Crippen LogP contribution in [0.2, 0.25) is 0 Å². The van der Waals surface area contributed by atoms with Gasteiger partial charge in [0.25, 0.3) is 5.91 Å². The van der Waals surface area contributed by atoms with Gasteiger partial charge >= 0.3 is 6.09 Å². The number of cyclic esters (lactones) is 1. The highest BCUT2D eigenvalue weighted by molar-refractivity contribution is 5.99. The van der Waals surface area contributed by atoms with Crippen LogP contribution in [0.3, 0.4) is 0 Å². The summed E-state index contributed by atoms with van der Waals surface area (Å²) < 4.78 is 15.7. The molecule has 1 N–H and O–H groups in total. The molecule has 1 aliphatic carbocycles. The summed E-state index contributed by atoms with van der Waals surface area (Å²) in [6, 6.07) is 5.46. The molecule has 2 amide bonds. The van der Waals surface area contributed by atoms with Crippen molar-refractivity contribution in [2.45, 2.75) is 25.0 Å². The maximum Gasteiger partial charge on any atom is 0.410 e. The molecule has 0 radical (unpaired) electrons. The van der Waals surface area contributed by atoms with Gasteiger partial charge in [0.15, 0.2) is 0 Å². The van der Waals surface area contributed by atoms with Crippen molar-refractivity contribution < 1.29 is 23.8 Å². The SMILES string of the molecule is COc1cccc(OC)c1C(=O)NCC1CN(C2CC2)C(=O)O1. The first-order valence-electron chi connectivity index (χ1n) is 7.60. The number of carbonyl (C=O) groups excluding carboxylic acids is 2. The van der Waals surface area contributed by atoms with E-state index in [2.05, 4.69) is 5.32 Å². The number of benzene rings is 1. The number of nitrogens with zero attached hydrogens (tertiary/aromatic N) is 1. The summed E-state index contributed by atoms with van der Waals surface area (Å²) >= 11 is 0. The van der Waals surface area contributed by atoms with E-state index in [9.17, 15) is 9.59 Å². The molecule has 7 heteroatoms. The van der Waals surface area contributed by atoms with E-state index < -0.39 is 0 Å². The molecule has 1 saturated heterocycles. The topological polar surface area (TPSA) is 77.1 Å². The van der Waals surface area contributed by atoms with Gasteiger partial charge in [0, 0.05) is 6.04 Å². The van der Waals surface area contributed by atoms with Crippen LogP contribution < -0.4 is 14.8 Å². The maximum atomic E-state index is 12.4. The van der Waals surface area contributed by atoms with E-state index in [-0.39, 0.29) is 24.6 Å². The summed E-state index contributed by atoms with van der Waals surface area (Å²) in [7, 11) is 3.00. The van der Waals surface area contributed by atoms with Gasteiger partial charge in [0.1, 0.15) is 23.2 Å². The normalized spacial score (nSPS) is 20.2. The van der Waals surface area contributed by atoms with Crippen LogP contribution in [-0.4, -0.2) is 56.4 Å². The minimum atomic E-state index is -0.326. The van der Waals surface area contributed by atoms with Gasteiger partial charge in [0.05, 0.1) is 27.3 Å². The number of nitrogens with one attached hydrogen (secondary N) is 1. The van der Waals surface area contributed by atoms with Crippen LogP contribution in [0.15, 0.2) is 18.2 Å². The van der Waals surface area contributed by atoms with Gasteiger partial charge in [0.2, 0.25) is 0 Å². The van der Waals surface area contributed by atoms with E-state index >= 15 is 0 Å². The second-order valence-electron chi connectivity index (χ2n) is 5.64. The molecule has 1 aromatic rings. The number of hydrogen-bond acceptors (Lipinski definition) is 5. The van der Waals surface area contributed by atoms with E-state index in [0.29, 0.717) is 29.6 Å². The largest absolute Gasteiger partial charge is 0.496 e. The van der Waals surface area contributed by atoms with Crippen molar-refractivity contribution >= 4 is 12.0 Å². The van der Waals surface area contributed by atoms with E-state index in [4.69, 9.17) is 14.2 Å². The number of amides is 2. The quantitative estimate of drug-likeness (QED) is 0.858. The van der Waals surface area contributed by atoms with Crippen LogP contribution in [0, 0.1) is 0 Å². The lowest BCUT2D eigenvalue weighted by molar-refractivity contribution is 0.0908. The van der Waals surface area contributed by atoms with Crippen LogP contribution >= 0.6 is 0 Å². The average Bonchev–Trinajstić information content (AvgIpc) is 3.34. The van der Waals surface area contributed by atoms with Crippen LogP contribution in [0.1, 0.15) is 23.2 Å². The molecular formula is C16H20N2O5. The molecule has 23 heavy (non-hydrogen) atoms. The highest BCUT2D eigenvalue weighted by atomic mass is 16.6. The van der Waals surface area contributed by atoms with Gasteiger partial charge < -0.3 is 24.4 Å². The summed E-state index contributed by atoms with van der Waals surface area (Å²) in [5.41, 5.74) is 0.334. The second kappa shape index (κ2) is 6.36. The lowest BCUT2D eigenvalue weighted by Gasteiger charge is -2.14. The Bertz CT molecular complexity index is 592. The van der Waals surface area contributed by atoms with Crippen molar-refractivity contribution in [3.05, 3.63) is 23.8 Å². The molecule has 0 spiro atoms. The molecule has 0 bridgehead atoms. The third kappa shape index (κ3) is 3.18. The fourth-order valence-electron chi connectivity index (χ4n) is 2.70. The smallest absolute Gasteiger partial charge is 0.410 e. The van der Waals surface area contributed by atoms with Crippen molar-refractivity contribution in [1.82, 2.24) is 10.2 Å². The molecule has 1 aromatic carbocycles. The molecule has 1 heterocycles. The Labute approximate surface area is 134 Å². The Balaban J connectivity index is 1.63. The van der Waals surface area contributed by atoms with Crippen molar-refractivity contribution in [2.75, 3.05) is 27.3 Å². The third-order valence-electron chi connectivity index (χ3n) is 4.04. The van der Waals surface area contributed by atoms with Crippen LogP contribution in [0.5, 0.6) is 11.5 Å². The predicted octanol–water partition coefficient (Wildman–Crippen LogP) is 1.42. The molecule has 0 aromatic heterocycles. The zero-order valence-electron chi connectivity index (χ0n) is 13.2. The zero-order valence-corrected chi connectivity index (χ0v) is 13.2. The van der Waals surface area contributed by atoms with Gasteiger partial charge in [-0.25, -0.2) is 4.79 Å². The first-order chi connectivity index (χ1) is 11.1. The minimum absolute atomic E-state index is 0.259. The summed E-state index contributed by atoms with van der Waals surface area (Å²) in [6.07, 6.45) is 1.45. The van der Waals surface area contributed by atoms with E-state index in [1.807, 2.05) is 0 Å². The minimum Gasteiger partial charge on any atom is -0.496 e. The molecule has 1 atom stereocenters. The summed E-state index contributed by atoms with van der Waals surface area (Å²) in [4.78, 5) is 25.9. The van der Waals surface area contributed by atoms with Crippen LogP contribution in [0.4, 0.5) is 4.79 Å². The van der Waals surface area contributed by atoms with Crippen molar-refractivity contribution in [3.8, 4) is 11.5 Å². The molecule has 124 valence electrons. The van der Waals surface area contributed by atoms with Crippen molar-refractivity contribution in [2.24, 2.45) is 0 Å². The van der Waals surface area contributed by atoms with E-state index in [1.54, 1.807) is 23.1 Å². The van der Waals surface area contributed by atoms with Gasteiger partial charge in [-0.3, -0.25) is 4.79 Å². The number of ether oxygens (including phenoxy) is 3. The Morgan fingerprint density at radius 1 is 1.30 bits per heavy atom. The number of rotatable bonds is 6. The maximum absolute atomic E-state index is 12.4. The van der Waals surface area contributed by atoms with E-state index in [0.717, 1.165) is 12.8 Å². The third-order valence-corrected chi connectivity index (χ3v) is 4.04. The van der Waals surface area contributed by atoms with Crippen molar-refractivity contribution in [3.63, 3.8) is 0 Å². The highest BCUT2D eigenvalue weighted by Crippen LogP contribution is 2.31. The second-order valence-corrected chi connectivity index (χ2v) is 5.64. The summed E-state index contributed by atoms with van der Waals surface area (Å²) in [6.45, 7) is 0.780. The fraction of sp³-hybridized carbons (Fsp3) is 0.500. The first-order valence-corrected chi connectivity index (χ1v) is 7.60. The fourth-order valence-corrected chi connectivity index (χ4v) is 2.70. The highest BCUT2D eigenvalue weighted by Gasteiger charge is 2.41. The molecule has 1 saturated carbocycles. The number of hydrogen-bond donors (Lipinski definition) is 1. The molecule has 1 aliphatic heterocycles. The zero-order chi connectivity index (χ0) is 16.4. The van der Waals surface area contributed by atoms with Gasteiger partial charge in [-0.1, -0.05) is 6.07 Å². The lowest BCUT2D eigenvalue weighted by Crippen LogP contribution is -2.35. The van der Waals surface area contributed by atoms with Gasteiger partial charge in [-0.2, -0.15) is 0 Å². The number of methoxy groups -OCH3 is 2. The molecule has 2 aliphatic rings. The Hall–Kier alpha value is -2.44. The molecule has 1 unspecified atom stereocenters. The molecule has 3 rings (SSSR count). The summed E-state index contributed by atoms with van der Waals surface area (Å²) in [5.74, 6) is 0.551. The molecule has 7 nitrogen and oxygen atoms in total. The molecule has 2 fully saturated rings. The Morgan fingerprint density at radius 2 is 1.96 bits per heavy atom. The van der Waals surface area contributed by atoms with E-state index in [1.165, 1.54) is 14.2 Å². The van der Waals surface area contributed by atoms with Crippen LogP contribution in [-0.2, 0) is 4.74 Å². The van der Waals surface area contributed by atoms with Crippen LogP contribution in [0.25, 0.3) is 0 Å². The average molecular weight is 320 g/mol. The Morgan fingerprint density at radius 3 is 2.52 bits per heavy atom. The first kappa shape index (κ1) is 15.5. The number of carbonyl (C=O) groups is 2. The van der Waals surface area contributed by atoms with Gasteiger partial charge in [-0.05, 0) is 25.0 Å². The summed E-state index contributed by atoms with van der Waals surface area (Å²) in [5, 5.41) is 2.79. The predicted molar refractivity (Wildman–Crippen MR) is 81.9 cm³/mol. The Kier molecular flexibility index (Phi) is 4.27. The lowest BCUT2D eigenvalue weighted by atomic mass is 10.1. The van der Waals surface area contributed by atoms with Crippen molar-refractivity contribution in [1.29, 1.82) is 0 Å². The molecular weight excluding hydrogens is 300 g/mol.